The summed E-state index contributed by atoms with van der Waals surface area (Å²) in [6.45, 7) is 6.71. The average Bonchev–Trinajstić information content (AvgIpc) is 2.77. The largest absolute Gasteiger partial charge is 0.415 e. The van der Waals surface area contributed by atoms with E-state index in [4.69, 9.17) is 14.2 Å². The van der Waals surface area contributed by atoms with Crippen molar-refractivity contribution in [3.05, 3.63) is 29.8 Å². The van der Waals surface area contributed by atoms with Gasteiger partial charge in [-0.25, -0.2) is 13.6 Å². The molecule has 6 nitrogen and oxygen atoms in total. The number of unbranched alkanes of at least 4 members (excludes halogenated alkanes) is 1. The second-order valence-electron chi connectivity index (χ2n) is 7.99. The lowest BCUT2D eigenvalue weighted by Gasteiger charge is -2.34. The number of carbonyl (C=O) groups excluding carboxylic acids is 1. The minimum absolute atomic E-state index is 0.0229. The molecule has 8 heteroatoms. The fourth-order valence-corrected chi connectivity index (χ4v) is 3.81. The lowest BCUT2D eigenvalue weighted by Crippen LogP contribution is -2.42. The molecule has 0 spiro atoms. The first-order valence-corrected chi connectivity index (χ1v) is 11.2. The summed E-state index contributed by atoms with van der Waals surface area (Å²) in [6.07, 6.45) is 5.07. The molecule has 0 saturated heterocycles. The van der Waals surface area contributed by atoms with Crippen LogP contribution in [0, 0.1) is 11.6 Å². The summed E-state index contributed by atoms with van der Waals surface area (Å²) in [5.74, 6) is -1.86. The summed E-state index contributed by atoms with van der Waals surface area (Å²) in [4.78, 5) is 16.2. The molecule has 0 bridgehead atoms. The van der Waals surface area contributed by atoms with E-state index in [1.807, 2.05) is 0 Å². The van der Waals surface area contributed by atoms with Crippen molar-refractivity contribution in [2.24, 2.45) is 0 Å². The molecule has 1 fully saturated rings. The Morgan fingerprint density at radius 1 is 1.10 bits per heavy atom. The Morgan fingerprint density at radius 2 is 1.84 bits per heavy atom. The van der Waals surface area contributed by atoms with Gasteiger partial charge in [0.15, 0.2) is 11.6 Å². The molecule has 0 N–H and O–H groups in total. The van der Waals surface area contributed by atoms with Crippen molar-refractivity contribution in [2.45, 2.75) is 57.6 Å². The zero-order valence-corrected chi connectivity index (χ0v) is 18.9. The highest BCUT2D eigenvalue weighted by Gasteiger charge is 2.28. The Balaban J connectivity index is 1.63. The van der Waals surface area contributed by atoms with Crippen LogP contribution in [0.15, 0.2) is 18.2 Å². The lowest BCUT2D eigenvalue weighted by molar-refractivity contribution is 0.00975. The smallest absolute Gasteiger partial charge is 0.407 e. The molecule has 1 aliphatic carbocycles. The first-order valence-electron chi connectivity index (χ1n) is 11.2. The van der Waals surface area contributed by atoms with Crippen LogP contribution in [0.25, 0.3) is 0 Å². The third-order valence-corrected chi connectivity index (χ3v) is 5.85. The summed E-state index contributed by atoms with van der Waals surface area (Å²) in [7, 11) is 3.38. The number of hydrogen-bond donors (Lipinski definition) is 0. The summed E-state index contributed by atoms with van der Waals surface area (Å²) < 4.78 is 42.9. The van der Waals surface area contributed by atoms with Gasteiger partial charge in [-0.05, 0) is 63.7 Å². The van der Waals surface area contributed by atoms with E-state index in [1.54, 1.807) is 14.2 Å². The van der Waals surface area contributed by atoms with Crippen LogP contribution in [0.1, 0.15) is 45.4 Å². The molecule has 0 radical (unpaired) electrons. The fraction of sp³-hybridized carbons (Fsp3) is 0.696. The van der Waals surface area contributed by atoms with E-state index in [0.717, 1.165) is 83.5 Å². The van der Waals surface area contributed by atoms with Crippen LogP contribution in [0.3, 0.4) is 0 Å². The summed E-state index contributed by atoms with van der Waals surface area (Å²) >= 11 is 0. The number of carbonyl (C=O) groups is 1. The molecule has 1 amide bonds. The quantitative estimate of drug-likeness (QED) is 0.447. The molecule has 1 aliphatic rings. The molecule has 176 valence electrons. The van der Waals surface area contributed by atoms with Gasteiger partial charge in [0.05, 0.1) is 12.7 Å². The zero-order chi connectivity index (χ0) is 22.6. The van der Waals surface area contributed by atoms with Crippen molar-refractivity contribution >= 4 is 6.09 Å². The van der Waals surface area contributed by atoms with Crippen molar-refractivity contribution in [1.29, 1.82) is 0 Å². The molecule has 0 aromatic heterocycles. The van der Waals surface area contributed by atoms with Crippen LogP contribution in [-0.4, -0.2) is 75.0 Å². The van der Waals surface area contributed by atoms with Crippen LogP contribution in [0.2, 0.25) is 0 Å². The summed E-state index contributed by atoms with van der Waals surface area (Å²) in [5.41, 5.74) is 0. The van der Waals surface area contributed by atoms with Gasteiger partial charge < -0.3 is 24.0 Å². The Kier molecular flexibility index (Phi) is 11.2. The molecule has 0 unspecified atom stereocenters. The van der Waals surface area contributed by atoms with Gasteiger partial charge in [-0.3, -0.25) is 0 Å². The van der Waals surface area contributed by atoms with Gasteiger partial charge in [0.25, 0.3) is 0 Å². The highest BCUT2D eigenvalue weighted by molar-refractivity contribution is 5.70. The molecular weight excluding hydrogens is 406 g/mol. The summed E-state index contributed by atoms with van der Waals surface area (Å²) in [5, 5.41) is 0. The number of nitrogens with zero attached hydrogens (tertiary/aromatic N) is 2. The molecular formula is C23H36F2N2O4. The Morgan fingerprint density at radius 3 is 2.48 bits per heavy atom. The highest BCUT2D eigenvalue weighted by atomic mass is 19.1. The highest BCUT2D eigenvalue weighted by Crippen LogP contribution is 2.26. The second kappa shape index (κ2) is 13.6. The predicted molar refractivity (Wildman–Crippen MR) is 115 cm³/mol. The SMILES string of the molecule is CCN(CCCCO[C@H]1CC[C@H](N(C)C(=O)Oc2ccc(F)cc2F)CC1)CCOC. The Bertz CT molecular complexity index is 669. The van der Waals surface area contributed by atoms with E-state index >= 15 is 0 Å². The van der Waals surface area contributed by atoms with Crippen LogP contribution < -0.4 is 4.74 Å². The van der Waals surface area contributed by atoms with Gasteiger partial charge in [-0.2, -0.15) is 0 Å². The van der Waals surface area contributed by atoms with E-state index in [9.17, 15) is 13.6 Å². The molecule has 0 aliphatic heterocycles. The normalized spacial score (nSPS) is 18.9. The van der Waals surface area contributed by atoms with Crippen molar-refractivity contribution < 1.29 is 27.8 Å². The third kappa shape index (κ3) is 8.71. The van der Waals surface area contributed by atoms with E-state index in [2.05, 4.69) is 11.8 Å². The second-order valence-corrected chi connectivity index (χ2v) is 7.99. The van der Waals surface area contributed by atoms with Crippen LogP contribution in [0.5, 0.6) is 5.75 Å². The maximum Gasteiger partial charge on any atom is 0.415 e. The number of methoxy groups -OCH3 is 1. The minimum Gasteiger partial charge on any atom is -0.407 e. The molecule has 1 aromatic rings. The van der Waals surface area contributed by atoms with Gasteiger partial charge in [0, 0.05) is 39.4 Å². The van der Waals surface area contributed by atoms with Crippen LogP contribution >= 0.6 is 0 Å². The number of halogens is 2. The molecule has 2 rings (SSSR count). The third-order valence-electron chi connectivity index (χ3n) is 5.85. The molecule has 31 heavy (non-hydrogen) atoms. The standard InChI is InChI=1S/C23H36F2N2O4/c1-4-27(14-16-29-3)13-5-6-15-30-20-10-8-19(9-11-20)26(2)23(28)31-22-12-7-18(24)17-21(22)25/h7,12,17,19-20H,4-6,8-11,13-16H2,1-3H3/t19-,20-. The predicted octanol–water partition coefficient (Wildman–Crippen LogP) is 4.47. The zero-order valence-electron chi connectivity index (χ0n) is 18.9. The number of likely N-dealkylation sites (N-methyl/N-ethyl adjacent to an activating group) is 1. The number of amides is 1. The van der Waals surface area contributed by atoms with Gasteiger partial charge in [-0.1, -0.05) is 6.92 Å². The van der Waals surface area contributed by atoms with Crippen molar-refractivity contribution in [2.75, 3.05) is 47.0 Å². The number of ether oxygens (including phenoxy) is 3. The van der Waals surface area contributed by atoms with Gasteiger partial charge >= 0.3 is 6.09 Å². The van der Waals surface area contributed by atoms with Gasteiger partial charge in [0.1, 0.15) is 5.82 Å². The first kappa shape index (κ1) is 25.5. The number of rotatable bonds is 12. The molecule has 1 aromatic carbocycles. The summed E-state index contributed by atoms with van der Waals surface area (Å²) in [6, 6.07) is 2.91. The fourth-order valence-electron chi connectivity index (χ4n) is 3.81. The monoisotopic (exact) mass is 442 g/mol. The first-order chi connectivity index (χ1) is 14.9. The van der Waals surface area contributed by atoms with Crippen LogP contribution in [0.4, 0.5) is 13.6 Å². The van der Waals surface area contributed by atoms with Gasteiger partial charge in [0.2, 0.25) is 0 Å². The van der Waals surface area contributed by atoms with Crippen molar-refractivity contribution in [3.63, 3.8) is 0 Å². The van der Waals surface area contributed by atoms with Crippen molar-refractivity contribution in [3.8, 4) is 5.75 Å². The number of hydrogen-bond acceptors (Lipinski definition) is 5. The van der Waals surface area contributed by atoms with Crippen LogP contribution in [-0.2, 0) is 9.47 Å². The van der Waals surface area contributed by atoms with Gasteiger partial charge in [-0.15, -0.1) is 0 Å². The molecule has 1 saturated carbocycles. The average molecular weight is 443 g/mol. The number of benzene rings is 1. The van der Waals surface area contributed by atoms with E-state index in [1.165, 1.54) is 4.90 Å². The molecule has 0 atom stereocenters. The maximum atomic E-state index is 13.7. The Labute approximate surface area is 184 Å². The Hall–Kier alpha value is -1.77. The van der Waals surface area contributed by atoms with E-state index in [0.29, 0.717) is 6.07 Å². The van der Waals surface area contributed by atoms with E-state index in [-0.39, 0.29) is 17.9 Å². The lowest BCUT2D eigenvalue weighted by atomic mass is 9.92. The molecule has 0 heterocycles. The minimum atomic E-state index is -0.889. The van der Waals surface area contributed by atoms with E-state index < -0.39 is 17.7 Å². The topological polar surface area (TPSA) is 51.2 Å². The van der Waals surface area contributed by atoms with Crippen molar-refractivity contribution in [1.82, 2.24) is 9.80 Å². The maximum absolute atomic E-state index is 13.7.